The zero-order valence-corrected chi connectivity index (χ0v) is 15.9. The van der Waals surface area contributed by atoms with E-state index in [1.165, 1.54) is 34.2 Å². The highest BCUT2D eigenvalue weighted by molar-refractivity contribution is 8.01. The van der Waals surface area contributed by atoms with Crippen molar-refractivity contribution >= 4 is 51.8 Å². The molecule has 0 bridgehead atoms. The number of rotatable bonds is 8. The van der Waals surface area contributed by atoms with Gasteiger partial charge in [0.25, 0.3) is 0 Å². The SMILES string of the molecule is Cc1cccc(CSCC(=O)Nc2nc(C)c(SCC(N)=O)s2)c1. The zero-order chi connectivity index (χ0) is 17.5. The third kappa shape index (κ3) is 6.18. The predicted molar refractivity (Wildman–Crippen MR) is 103 cm³/mol. The van der Waals surface area contributed by atoms with Crippen molar-refractivity contribution in [3.05, 3.63) is 41.1 Å². The van der Waals surface area contributed by atoms with Crippen molar-refractivity contribution in [2.75, 3.05) is 16.8 Å². The van der Waals surface area contributed by atoms with E-state index >= 15 is 0 Å². The number of primary amides is 1. The van der Waals surface area contributed by atoms with Crippen molar-refractivity contribution in [2.24, 2.45) is 5.73 Å². The molecule has 1 aromatic heterocycles. The van der Waals surface area contributed by atoms with Crippen LogP contribution in [0, 0.1) is 13.8 Å². The third-order valence-corrected chi connectivity index (χ3v) is 6.39. The second kappa shape index (κ2) is 9.10. The van der Waals surface area contributed by atoms with Gasteiger partial charge in [-0.3, -0.25) is 9.59 Å². The zero-order valence-electron chi connectivity index (χ0n) is 13.5. The van der Waals surface area contributed by atoms with Gasteiger partial charge in [-0.1, -0.05) is 41.2 Å². The van der Waals surface area contributed by atoms with E-state index < -0.39 is 0 Å². The van der Waals surface area contributed by atoms with E-state index in [1.54, 1.807) is 11.8 Å². The standard InChI is InChI=1S/C16H19N3O2S3/c1-10-4-3-5-12(6-10)7-22-9-14(21)19-16-18-11(2)15(24-16)23-8-13(17)20/h3-6H,7-9H2,1-2H3,(H2,17,20)(H,18,19,21). The molecule has 0 radical (unpaired) electrons. The highest BCUT2D eigenvalue weighted by Crippen LogP contribution is 2.31. The fraction of sp³-hybridized carbons (Fsp3) is 0.312. The lowest BCUT2D eigenvalue weighted by Crippen LogP contribution is -2.14. The van der Waals surface area contributed by atoms with Crippen molar-refractivity contribution < 1.29 is 9.59 Å². The van der Waals surface area contributed by atoms with Crippen LogP contribution >= 0.6 is 34.9 Å². The molecule has 0 saturated heterocycles. The minimum atomic E-state index is -0.370. The first-order valence-corrected chi connectivity index (χ1v) is 10.2. The predicted octanol–water partition coefficient (Wildman–Crippen LogP) is 3.21. The van der Waals surface area contributed by atoms with Crippen LogP contribution in [-0.2, 0) is 15.3 Å². The summed E-state index contributed by atoms with van der Waals surface area (Å²) in [7, 11) is 0. The Kier molecular flexibility index (Phi) is 7.14. The number of amides is 2. The van der Waals surface area contributed by atoms with Crippen LogP contribution in [0.1, 0.15) is 16.8 Å². The molecule has 0 spiro atoms. The van der Waals surface area contributed by atoms with Gasteiger partial charge >= 0.3 is 0 Å². The van der Waals surface area contributed by atoms with E-state index in [-0.39, 0.29) is 17.6 Å². The summed E-state index contributed by atoms with van der Waals surface area (Å²) in [4.78, 5) is 27.2. The fourth-order valence-electron chi connectivity index (χ4n) is 1.93. The number of carbonyl (C=O) groups is 2. The lowest BCUT2D eigenvalue weighted by molar-refractivity contribution is -0.115. The number of benzene rings is 1. The van der Waals surface area contributed by atoms with Crippen molar-refractivity contribution in [2.45, 2.75) is 23.8 Å². The second-order valence-corrected chi connectivity index (χ2v) is 8.41. The number of hydrogen-bond donors (Lipinski definition) is 2. The van der Waals surface area contributed by atoms with Crippen molar-refractivity contribution in [3.8, 4) is 0 Å². The van der Waals surface area contributed by atoms with E-state index in [2.05, 4.69) is 35.4 Å². The molecule has 24 heavy (non-hydrogen) atoms. The largest absolute Gasteiger partial charge is 0.369 e. The van der Waals surface area contributed by atoms with Gasteiger partial charge < -0.3 is 11.1 Å². The Morgan fingerprint density at radius 1 is 1.29 bits per heavy atom. The van der Waals surface area contributed by atoms with Crippen molar-refractivity contribution in [1.29, 1.82) is 0 Å². The summed E-state index contributed by atoms with van der Waals surface area (Å²) in [6.45, 7) is 3.90. The number of nitrogens with one attached hydrogen (secondary N) is 1. The molecule has 2 rings (SSSR count). The number of carbonyl (C=O) groups excluding carboxylic acids is 2. The van der Waals surface area contributed by atoms with Crippen LogP contribution < -0.4 is 11.1 Å². The molecule has 3 N–H and O–H groups in total. The van der Waals surface area contributed by atoms with E-state index in [0.29, 0.717) is 10.9 Å². The summed E-state index contributed by atoms with van der Waals surface area (Å²) in [5.74, 6) is 0.934. The molecule has 0 aliphatic heterocycles. The quantitative estimate of drug-likeness (QED) is 0.686. The Balaban J connectivity index is 1.79. The van der Waals surface area contributed by atoms with Crippen LogP contribution in [-0.4, -0.2) is 28.3 Å². The van der Waals surface area contributed by atoms with Gasteiger partial charge in [-0.05, 0) is 19.4 Å². The summed E-state index contributed by atoms with van der Waals surface area (Å²) in [6, 6.07) is 8.26. The Morgan fingerprint density at radius 3 is 2.79 bits per heavy atom. The lowest BCUT2D eigenvalue weighted by atomic mass is 10.2. The molecule has 0 atom stereocenters. The van der Waals surface area contributed by atoms with E-state index in [1.807, 2.05) is 13.0 Å². The van der Waals surface area contributed by atoms with Gasteiger partial charge in [0.2, 0.25) is 11.8 Å². The number of aromatic nitrogens is 1. The van der Waals surface area contributed by atoms with E-state index in [0.717, 1.165) is 15.7 Å². The van der Waals surface area contributed by atoms with Gasteiger partial charge in [0.1, 0.15) is 0 Å². The smallest absolute Gasteiger partial charge is 0.236 e. The first-order valence-electron chi connectivity index (χ1n) is 7.25. The number of thioether (sulfide) groups is 2. The van der Waals surface area contributed by atoms with Crippen molar-refractivity contribution in [3.63, 3.8) is 0 Å². The summed E-state index contributed by atoms with van der Waals surface area (Å²) >= 11 is 4.27. The Labute approximate surface area is 153 Å². The van der Waals surface area contributed by atoms with Crippen LogP contribution in [0.15, 0.2) is 28.5 Å². The number of thiazole rings is 1. The number of nitrogens with two attached hydrogens (primary N) is 1. The Hall–Kier alpha value is -1.51. The number of hydrogen-bond acceptors (Lipinski definition) is 6. The highest BCUT2D eigenvalue weighted by atomic mass is 32.2. The number of nitrogens with zero attached hydrogens (tertiary/aromatic N) is 1. The normalized spacial score (nSPS) is 10.6. The average Bonchev–Trinajstić information content (AvgIpc) is 2.85. The van der Waals surface area contributed by atoms with Crippen LogP contribution in [0.4, 0.5) is 5.13 Å². The third-order valence-electron chi connectivity index (χ3n) is 2.93. The van der Waals surface area contributed by atoms with Crippen LogP contribution in [0.3, 0.4) is 0 Å². The van der Waals surface area contributed by atoms with Gasteiger partial charge in [0.05, 0.1) is 21.4 Å². The first-order chi connectivity index (χ1) is 11.4. The molecule has 0 aliphatic rings. The molecule has 8 heteroatoms. The first kappa shape index (κ1) is 18.8. The summed E-state index contributed by atoms with van der Waals surface area (Å²) in [5.41, 5.74) is 8.37. The molecule has 1 aromatic carbocycles. The number of aryl methyl sites for hydroxylation is 2. The molecular weight excluding hydrogens is 362 g/mol. The van der Waals surface area contributed by atoms with Crippen molar-refractivity contribution in [1.82, 2.24) is 4.98 Å². The summed E-state index contributed by atoms with van der Waals surface area (Å²) in [6.07, 6.45) is 0. The molecule has 0 saturated carbocycles. The van der Waals surface area contributed by atoms with Crippen LogP contribution in [0.5, 0.6) is 0 Å². The molecule has 1 heterocycles. The molecule has 0 fully saturated rings. The van der Waals surface area contributed by atoms with E-state index in [4.69, 9.17) is 5.73 Å². The Bertz CT molecular complexity index is 731. The van der Waals surface area contributed by atoms with Gasteiger partial charge in [-0.25, -0.2) is 4.98 Å². The molecule has 0 aliphatic carbocycles. The lowest BCUT2D eigenvalue weighted by Gasteiger charge is -2.03. The maximum atomic E-state index is 12.0. The second-order valence-electron chi connectivity index (χ2n) is 5.18. The maximum absolute atomic E-state index is 12.0. The monoisotopic (exact) mass is 381 g/mol. The molecular formula is C16H19N3O2S3. The average molecular weight is 382 g/mol. The molecule has 2 amide bonds. The van der Waals surface area contributed by atoms with Gasteiger partial charge in [-0.15, -0.1) is 23.5 Å². The van der Waals surface area contributed by atoms with Gasteiger partial charge in [0, 0.05) is 5.75 Å². The molecule has 5 nitrogen and oxygen atoms in total. The van der Waals surface area contributed by atoms with Gasteiger partial charge in [-0.2, -0.15) is 0 Å². The molecule has 128 valence electrons. The summed E-state index contributed by atoms with van der Waals surface area (Å²) < 4.78 is 0.900. The number of anilines is 1. The minimum absolute atomic E-state index is 0.0761. The van der Waals surface area contributed by atoms with Gasteiger partial charge in [0.15, 0.2) is 5.13 Å². The summed E-state index contributed by atoms with van der Waals surface area (Å²) in [5, 5.41) is 3.36. The Morgan fingerprint density at radius 2 is 2.08 bits per heavy atom. The minimum Gasteiger partial charge on any atom is -0.369 e. The maximum Gasteiger partial charge on any atom is 0.236 e. The topological polar surface area (TPSA) is 85.1 Å². The van der Waals surface area contributed by atoms with E-state index in [9.17, 15) is 9.59 Å². The highest BCUT2D eigenvalue weighted by Gasteiger charge is 2.12. The molecule has 2 aromatic rings. The molecule has 0 unspecified atom stereocenters. The van der Waals surface area contributed by atoms with Crippen LogP contribution in [0.25, 0.3) is 0 Å². The fourth-order valence-corrected chi connectivity index (χ4v) is 4.59. The van der Waals surface area contributed by atoms with Crippen LogP contribution in [0.2, 0.25) is 0 Å².